The largest absolute Gasteiger partial charge is 0.507 e. The van der Waals surface area contributed by atoms with Crippen molar-refractivity contribution >= 4 is 9.24 Å². The second-order valence-corrected chi connectivity index (χ2v) is 8.17. The van der Waals surface area contributed by atoms with E-state index in [-0.39, 0.29) is 5.92 Å². The van der Waals surface area contributed by atoms with E-state index in [1.165, 1.54) is 11.1 Å². The van der Waals surface area contributed by atoms with Crippen molar-refractivity contribution in [3.8, 4) is 11.5 Å². The molecule has 0 saturated heterocycles. The van der Waals surface area contributed by atoms with E-state index in [1.807, 2.05) is 13.8 Å². The van der Waals surface area contributed by atoms with Crippen LogP contribution in [0.15, 0.2) is 24.3 Å². The highest BCUT2D eigenvalue weighted by atomic mass is 31.0. The first kappa shape index (κ1) is 21.8. The third-order valence-electron chi connectivity index (χ3n) is 5.40. The molecule has 0 aliphatic rings. The fourth-order valence-corrected chi connectivity index (χ4v) is 4.28. The second kappa shape index (κ2) is 10.1. The summed E-state index contributed by atoms with van der Waals surface area (Å²) >= 11 is 0. The fraction of sp³-hybridized carbons (Fsp3) is 0.500. The summed E-state index contributed by atoms with van der Waals surface area (Å²) in [6, 6.07) is 8.47. The topological polar surface area (TPSA) is 40.5 Å². The van der Waals surface area contributed by atoms with Gasteiger partial charge in [0, 0.05) is 17.0 Å². The predicted octanol–water partition coefficient (Wildman–Crippen LogP) is 6.41. The SMILES string of the molecule is CCCCc1cc(C)c(O)c(C(CP)c2cc(CCCC)cc(C)c2O)c1. The zero-order valence-electron chi connectivity index (χ0n) is 17.3. The quantitative estimate of drug-likeness (QED) is 0.489. The Balaban J connectivity index is 2.53. The number of phenolic OH excluding ortho intramolecular Hbond substituents is 2. The molecule has 2 aromatic rings. The molecule has 0 heterocycles. The molecule has 0 aromatic heterocycles. The number of benzene rings is 2. The zero-order valence-corrected chi connectivity index (χ0v) is 18.5. The molecule has 0 saturated carbocycles. The van der Waals surface area contributed by atoms with Crippen LogP contribution in [0.1, 0.15) is 78.8 Å². The van der Waals surface area contributed by atoms with Gasteiger partial charge in [0.05, 0.1) is 0 Å². The standard InChI is InChI=1S/C24H35O2P/c1-5-7-9-18-11-16(3)23(25)20(13-18)22(15-27)21-14-19(10-8-6-2)12-17(4)24(21)26/h11-14,22,25-26H,5-10,15,27H2,1-4H3. The van der Waals surface area contributed by atoms with Gasteiger partial charge in [0.2, 0.25) is 0 Å². The van der Waals surface area contributed by atoms with E-state index in [2.05, 4.69) is 47.4 Å². The average Bonchev–Trinajstić information content (AvgIpc) is 2.65. The monoisotopic (exact) mass is 386 g/mol. The summed E-state index contributed by atoms with van der Waals surface area (Å²) in [4.78, 5) is 0. The second-order valence-electron chi connectivity index (χ2n) is 7.70. The molecule has 1 unspecified atom stereocenters. The number of rotatable bonds is 9. The lowest BCUT2D eigenvalue weighted by Crippen LogP contribution is -2.07. The first-order valence-corrected chi connectivity index (χ1v) is 11.1. The molecule has 1 atom stereocenters. The Kier molecular flexibility index (Phi) is 8.17. The Morgan fingerprint density at radius 2 is 1.19 bits per heavy atom. The minimum Gasteiger partial charge on any atom is -0.507 e. The fourth-order valence-electron chi connectivity index (χ4n) is 3.77. The average molecular weight is 387 g/mol. The number of hydrogen-bond donors (Lipinski definition) is 2. The van der Waals surface area contributed by atoms with Crippen molar-refractivity contribution in [1.82, 2.24) is 0 Å². The minimum atomic E-state index is -0.0319. The Hall–Kier alpha value is -1.53. The highest BCUT2D eigenvalue weighted by molar-refractivity contribution is 7.16. The summed E-state index contributed by atoms with van der Waals surface area (Å²) < 4.78 is 0. The van der Waals surface area contributed by atoms with E-state index in [4.69, 9.17) is 0 Å². The maximum atomic E-state index is 10.8. The van der Waals surface area contributed by atoms with Crippen molar-refractivity contribution < 1.29 is 10.2 Å². The van der Waals surface area contributed by atoms with E-state index in [9.17, 15) is 10.2 Å². The van der Waals surface area contributed by atoms with Crippen LogP contribution in [0.5, 0.6) is 11.5 Å². The summed E-state index contributed by atoms with van der Waals surface area (Å²) in [5, 5.41) is 21.6. The van der Waals surface area contributed by atoms with Crippen LogP contribution in [0.2, 0.25) is 0 Å². The van der Waals surface area contributed by atoms with Gasteiger partial charge < -0.3 is 10.2 Å². The lowest BCUT2D eigenvalue weighted by atomic mass is 9.86. The zero-order chi connectivity index (χ0) is 20.0. The van der Waals surface area contributed by atoms with Gasteiger partial charge in [-0.2, -0.15) is 0 Å². The van der Waals surface area contributed by atoms with Gasteiger partial charge in [-0.25, -0.2) is 0 Å². The molecule has 2 N–H and O–H groups in total. The lowest BCUT2D eigenvalue weighted by Gasteiger charge is -2.22. The molecule has 0 radical (unpaired) electrons. The van der Waals surface area contributed by atoms with E-state index < -0.39 is 0 Å². The van der Waals surface area contributed by atoms with Gasteiger partial charge in [-0.1, -0.05) is 51.0 Å². The van der Waals surface area contributed by atoms with Crippen LogP contribution in [-0.2, 0) is 12.8 Å². The highest BCUT2D eigenvalue weighted by Gasteiger charge is 2.22. The van der Waals surface area contributed by atoms with Crippen molar-refractivity contribution in [2.24, 2.45) is 0 Å². The number of phenols is 2. The molecule has 0 aliphatic carbocycles. The summed E-state index contributed by atoms with van der Waals surface area (Å²) in [5.41, 5.74) is 6.23. The molecule has 27 heavy (non-hydrogen) atoms. The number of aryl methyl sites for hydroxylation is 4. The molecular weight excluding hydrogens is 351 g/mol. The van der Waals surface area contributed by atoms with Crippen LogP contribution in [0.25, 0.3) is 0 Å². The number of unbranched alkanes of at least 4 members (excludes halogenated alkanes) is 2. The first-order chi connectivity index (χ1) is 12.9. The Bertz CT molecular complexity index is 704. The molecule has 0 fully saturated rings. The van der Waals surface area contributed by atoms with Crippen molar-refractivity contribution in [3.05, 3.63) is 57.6 Å². The van der Waals surface area contributed by atoms with E-state index in [0.29, 0.717) is 11.5 Å². The molecule has 0 amide bonds. The van der Waals surface area contributed by atoms with Crippen LogP contribution in [0.4, 0.5) is 0 Å². The summed E-state index contributed by atoms with van der Waals surface area (Å²) in [7, 11) is 2.80. The molecule has 2 rings (SSSR count). The highest BCUT2D eigenvalue weighted by Crippen LogP contribution is 2.41. The van der Waals surface area contributed by atoms with Crippen molar-refractivity contribution in [2.45, 2.75) is 72.1 Å². The smallest absolute Gasteiger partial charge is 0.122 e. The summed E-state index contributed by atoms with van der Waals surface area (Å²) in [6.07, 6.45) is 7.40. The molecule has 0 spiro atoms. The molecule has 0 aliphatic heterocycles. The first-order valence-electron chi connectivity index (χ1n) is 10.3. The maximum Gasteiger partial charge on any atom is 0.122 e. The lowest BCUT2D eigenvalue weighted by molar-refractivity contribution is 0.452. The van der Waals surface area contributed by atoms with Gasteiger partial charge in [-0.3, -0.25) is 0 Å². The predicted molar refractivity (Wildman–Crippen MR) is 119 cm³/mol. The minimum absolute atomic E-state index is 0.0319. The van der Waals surface area contributed by atoms with E-state index in [1.54, 1.807) is 0 Å². The molecule has 2 nitrogen and oxygen atoms in total. The van der Waals surface area contributed by atoms with Crippen molar-refractivity contribution in [1.29, 1.82) is 0 Å². The molecule has 148 valence electrons. The summed E-state index contributed by atoms with van der Waals surface area (Å²) in [5.74, 6) is 0.688. The van der Waals surface area contributed by atoms with Crippen LogP contribution >= 0.6 is 9.24 Å². The van der Waals surface area contributed by atoms with Gasteiger partial charge in [0.1, 0.15) is 11.5 Å². The number of hydrogen-bond acceptors (Lipinski definition) is 2. The molecule has 2 aromatic carbocycles. The number of aromatic hydroxyl groups is 2. The van der Waals surface area contributed by atoms with Crippen LogP contribution < -0.4 is 0 Å². The van der Waals surface area contributed by atoms with Crippen molar-refractivity contribution in [3.63, 3.8) is 0 Å². The van der Waals surface area contributed by atoms with Crippen LogP contribution in [0, 0.1) is 13.8 Å². The van der Waals surface area contributed by atoms with E-state index in [0.717, 1.165) is 66.9 Å². The van der Waals surface area contributed by atoms with Gasteiger partial charge in [0.25, 0.3) is 0 Å². The van der Waals surface area contributed by atoms with Crippen LogP contribution in [-0.4, -0.2) is 16.4 Å². The Morgan fingerprint density at radius 1 is 0.778 bits per heavy atom. The molecule has 3 heteroatoms. The molecular formula is C24H35O2P. The summed E-state index contributed by atoms with van der Waals surface area (Å²) in [6.45, 7) is 8.33. The normalized spacial score (nSPS) is 11.3. The maximum absolute atomic E-state index is 10.8. The van der Waals surface area contributed by atoms with Crippen LogP contribution in [0.3, 0.4) is 0 Å². The Labute approximate surface area is 167 Å². The van der Waals surface area contributed by atoms with Gasteiger partial charge >= 0.3 is 0 Å². The third kappa shape index (κ3) is 5.26. The van der Waals surface area contributed by atoms with Gasteiger partial charge in [-0.15, -0.1) is 9.24 Å². The third-order valence-corrected chi connectivity index (χ3v) is 5.88. The van der Waals surface area contributed by atoms with Gasteiger partial charge in [-0.05, 0) is 67.9 Å². The van der Waals surface area contributed by atoms with E-state index >= 15 is 0 Å². The Morgan fingerprint density at radius 3 is 1.52 bits per heavy atom. The van der Waals surface area contributed by atoms with Crippen molar-refractivity contribution in [2.75, 3.05) is 6.16 Å². The molecule has 0 bridgehead atoms. The van der Waals surface area contributed by atoms with Gasteiger partial charge in [0.15, 0.2) is 0 Å².